The summed E-state index contributed by atoms with van der Waals surface area (Å²) in [6.07, 6.45) is 0. The van der Waals surface area contributed by atoms with Gasteiger partial charge < -0.3 is 5.11 Å². The molecule has 0 bridgehead atoms. The van der Waals surface area contributed by atoms with Crippen molar-refractivity contribution in [2.45, 2.75) is 0 Å². The Morgan fingerprint density at radius 2 is 2.09 bits per heavy atom. The van der Waals surface area contributed by atoms with Gasteiger partial charge in [-0.3, -0.25) is 0 Å². The van der Waals surface area contributed by atoms with Gasteiger partial charge in [-0.15, -0.1) is 0 Å². The summed E-state index contributed by atoms with van der Waals surface area (Å²) in [5.74, 6) is 0.603. The van der Waals surface area contributed by atoms with Crippen LogP contribution < -0.4 is 10.7 Å². The van der Waals surface area contributed by atoms with Gasteiger partial charge in [-0.2, -0.15) is 0 Å². The molecule has 0 atom stereocenters. The Bertz CT molecular complexity index is 434. The minimum atomic E-state index is 0.157. The highest BCUT2D eigenvalue weighted by molar-refractivity contribution is 5.22. The molecule has 0 saturated carbocycles. The Morgan fingerprint density at radius 1 is 1.27 bits per heavy atom. The van der Waals surface area contributed by atoms with E-state index in [2.05, 4.69) is 16.6 Å². The molecule has 0 spiro atoms. The molecule has 2 rings (SSSR count). The molecule has 0 radical (unpaired) electrons. The van der Waals surface area contributed by atoms with E-state index in [0.29, 0.717) is 16.5 Å². The Hall–Kier alpha value is -1.64. The molecule has 1 aromatic rings. The van der Waals surface area contributed by atoms with Crippen molar-refractivity contribution in [3.8, 4) is 5.75 Å². The van der Waals surface area contributed by atoms with E-state index in [1.54, 1.807) is 18.2 Å². The molecule has 1 N–H and O–H groups in total. The van der Waals surface area contributed by atoms with Gasteiger partial charge in [0.25, 0.3) is 0 Å². The second kappa shape index (κ2) is 1.92. The molecule has 0 aromatic heterocycles. The van der Waals surface area contributed by atoms with Gasteiger partial charge in [0.15, 0.2) is 0 Å². The van der Waals surface area contributed by atoms with E-state index in [1.807, 2.05) is 0 Å². The molecule has 1 aliphatic rings. The van der Waals surface area contributed by atoms with E-state index in [4.69, 9.17) is 0 Å². The van der Waals surface area contributed by atoms with Crippen LogP contribution in [0.2, 0.25) is 0 Å². The van der Waals surface area contributed by atoms with Crippen LogP contribution in [0.1, 0.15) is 0 Å². The van der Waals surface area contributed by atoms with E-state index >= 15 is 0 Å². The van der Waals surface area contributed by atoms with Gasteiger partial charge in [0.05, 0.1) is 5.36 Å². The number of rotatable bonds is 0. The monoisotopic (exact) mass is 146 g/mol. The Kier molecular flexibility index (Phi) is 1.06. The van der Waals surface area contributed by atoms with Gasteiger partial charge >= 0.3 is 0 Å². The predicted molar refractivity (Wildman–Crippen MR) is 39.6 cm³/mol. The average molecular weight is 146 g/mol. The number of phenols is 1. The van der Waals surface area contributed by atoms with Crippen LogP contribution in [0.25, 0.3) is 0 Å². The maximum atomic E-state index is 9.25. The molecule has 11 heavy (non-hydrogen) atoms. The maximum Gasteiger partial charge on any atom is 0.146 e. The fraction of sp³-hybridized carbons (Fsp3) is 0. The number of para-hydroxylation sites is 1. The third kappa shape index (κ3) is 0.816. The Balaban J connectivity index is 2.97. The van der Waals surface area contributed by atoms with Gasteiger partial charge in [-0.1, -0.05) is 12.6 Å². The van der Waals surface area contributed by atoms with Crippen LogP contribution in [-0.4, -0.2) is 5.11 Å². The first-order chi connectivity index (χ1) is 5.27. The fourth-order valence-corrected chi connectivity index (χ4v) is 1.02. The Morgan fingerprint density at radius 3 is 2.82 bits per heavy atom. The largest absolute Gasteiger partial charge is 0.506 e. The fourth-order valence-electron chi connectivity index (χ4n) is 1.02. The van der Waals surface area contributed by atoms with Crippen molar-refractivity contribution in [2.24, 2.45) is 9.98 Å². The SMILES string of the molecule is C=C1N=c2cccc(O)c2=N1. The molecule has 0 unspecified atom stereocenters. The van der Waals surface area contributed by atoms with Crippen LogP contribution in [0.15, 0.2) is 40.6 Å². The van der Waals surface area contributed by atoms with Crippen LogP contribution in [0.4, 0.5) is 0 Å². The number of fused-ring (bicyclic) bond motifs is 1. The molecule has 0 aliphatic carbocycles. The standard InChI is InChI=1S/C8H6N2O/c1-5-9-6-3-2-4-7(11)8(6)10-5/h2-4,11H,1H2. The summed E-state index contributed by atoms with van der Waals surface area (Å²) in [6.45, 7) is 3.57. The van der Waals surface area contributed by atoms with E-state index in [1.165, 1.54) is 0 Å². The summed E-state index contributed by atoms with van der Waals surface area (Å²) in [5.41, 5.74) is 0. The molecule has 54 valence electrons. The smallest absolute Gasteiger partial charge is 0.146 e. The minimum Gasteiger partial charge on any atom is -0.506 e. The number of hydrogen-bond acceptors (Lipinski definition) is 3. The molecule has 1 aliphatic heterocycles. The molecule has 0 saturated heterocycles. The number of benzene rings is 1. The number of nitrogens with zero attached hydrogens (tertiary/aromatic N) is 2. The summed E-state index contributed by atoms with van der Waals surface area (Å²) in [5, 5.41) is 10.5. The lowest BCUT2D eigenvalue weighted by Crippen LogP contribution is -2.20. The zero-order chi connectivity index (χ0) is 7.84. The highest BCUT2D eigenvalue weighted by atomic mass is 16.3. The van der Waals surface area contributed by atoms with E-state index in [-0.39, 0.29) is 5.75 Å². The molecule has 3 heteroatoms. The molecule has 0 amide bonds. The van der Waals surface area contributed by atoms with Crippen molar-refractivity contribution in [1.82, 2.24) is 0 Å². The Labute approximate surface area is 63.1 Å². The molecule has 1 heterocycles. The van der Waals surface area contributed by atoms with Crippen molar-refractivity contribution in [2.75, 3.05) is 0 Å². The zero-order valence-electron chi connectivity index (χ0n) is 5.78. The average Bonchev–Trinajstić information content (AvgIpc) is 2.31. The molecular formula is C8H6N2O. The van der Waals surface area contributed by atoms with E-state index < -0.39 is 0 Å². The normalized spacial score (nSPS) is 13.6. The second-order valence-electron chi connectivity index (χ2n) is 2.28. The van der Waals surface area contributed by atoms with Crippen molar-refractivity contribution in [1.29, 1.82) is 0 Å². The quantitative estimate of drug-likeness (QED) is 0.555. The third-order valence-electron chi connectivity index (χ3n) is 1.48. The van der Waals surface area contributed by atoms with Crippen LogP contribution in [-0.2, 0) is 0 Å². The van der Waals surface area contributed by atoms with Gasteiger partial charge in [-0.05, 0) is 12.1 Å². The first kappa shape index (κ1) is 6.09. The topological polar surface area (TPSA) is 45.0 Å². The molecule has 1 aromatic carbocycles. The summed E-state index contributed by atoms with van der Waals surface area (Å²) >= 11 is 0. The van der Waals surface area contributed by atoms with Gasteiger partial charge in [0, 0.05) is 0 Å². The molecule has 3 nitrogen and oxygen atoms in total. The van der Waals surface area contributed by atoms with E-state index in [0.717, 1.165) is 0 Å². The van der Waals surface area contributed by atoms with Crippen molar-refractivity contribution in [3.63, 3.8) is 0 Å². The van der Waals surface area contributed by atoms with Crippen molar-refractivity contribution in [3.05, 3.63) is 41.3 Å². The lowest BCUT2D eigenvalue weighted by atomic mass is 10.3. The number of phenolic OH excluding ortho intramolecular Hbond substituents is 1. The first-order valence-electron chi connectivity index (χ1n) is 3.22. The van der Waals surface area contributed by atoms with Gasteiger partial charge in [0.1, 0.15) is 16.9 Å². The van der Waals surface area contributed by atoms with Crippen molar-refractivity contribution < 1.29 is 5.11 Å². The summed E-state index contributed by atoms with van der Waals surface area (Å²) in [7, 11) is 0. The van der Waals surface area contributed by atoms with Crippen molar-refractivity contribution >= 4 is 0 Å². The van der Waals surface area contributed by atoms with Crippen LogP contribution >= 0.6 is 0 Å². The summed E-state index contributed by atoms with van der Waals surface area (Å²) in [6, 6.07) is 5.10. The van der Waals surface area contributed by atoms with Crippen LogP contribution in [0, 0.1) is 0 Å². The highest BCUT2D eigenvalue weighted by Crippen LogP contribution is 2.01. The van der Waals surface area contributed by atoms with Gasteiger partial charge in [0.2, 0.25) is 0 Å². The summed E-state index contributed by atoms with van der Waals surface area (Å²) in [4.78, 5) is 7.93. The lowest BCUT2D eigenvalue weighted by Gasteiger charge is -1.85. The van der Waals surface area contributed by atoms with Crippen LogP contribution in [0.3, 0.4) is 0 Å². The highest BCUT2D eigenvalue weighted by Gasteiger charge is 2.02. The first-order valence-corrected chi connectivity index (χ1v) is 3.22. The number of aromatic hydroxyl groups is 1. The molecule has 0 fully saturated rings. The minimum absolute atomic E-state index is 0.157. The maximum absolute atomic E-state index is 9.25. The predicted octanol–water partition coefficient (Wildman–Crippen LogP) is 0.116. The van der Waals surface area contributed by atoms with E-state index in [9.17, 15) is 5.11 Å². The number of hydrogen-bond donors (Lipinski definition) is 1. The summed E-state index contributed by atoms with van der Waals surface area (Å²) < 4.78 is 0. The van der Waals surface area contributed by atoms with Gasteiger partial charge in [-0.25, -0.2) is 9.98 Å². The van der Waals surface area contributed by atoms with Crippen LogP contribution in [0.5, 0.6) is 5.75 Å². The lowest BCUT2D eigenvalue weighted by molar-refractivity contribution is 0.468. The molecular weight excluding hydrogens is 140 g/mol. The zero-order valence-corrected chi connectivity index (χ0v) is 5.78. The third-order valence-corrected chi connectivity index (χ3v) is 1.48. The second-order valence-corrected chi connectivity index (χ2v) is 2.28.